The highest BCUT2D eigenvalue weighted by molar-refractivity contribution is 9.10. The lowest BCUT2D eigenvalue weighted by molar-refractivity contribution is -0.390. The molecule has 4 bridgehead atoms. The molecule has 39 heavy (non-hydrogen) atoms. The number of aromatic nitrogens is 4. The van der Waals surface area contributed by atoms with Crippen LogP contribution in [-0.2, 0) is 16.9 Å². The normalized spacial score (nSPS) is 26.9. The highest BCUT2D eigenvalue weighted by Crippen LogP contribution is 2.65. The molecule has 4 fully saturated rings. The third-order valence-electron chi connectivity index (χ3n) is 8.60. The molecule has 11 nitrogen and oxygen atoms in total. The second kappa shape index (κ2) is 9.58. The first-order chi connectivity index (χ1) is 18.7. The van der Waals surface area contributed by atoms with Gasteiger partial charge < -0.3 is 20.7 Å². The van der Waals surface area contributed by atoms with Crippen LogP contribution in [-0.4, -0.2) is 36.3 Å². The molecular weight excluding hydrogens is 566 g/mol. The number of hydrogen-bond acceptors (Lipinski definition) is 6. The minimum atomic E-state index is -0.466. The van der Waals surface area contributed by atoms with Crippen LogP contribution in [0.3, 0.4) is 0 Å². The van der Waals surface area contributed by atoms with E-state index < -0.39 is 4.92 Å². The van der Waals surface area contributed by atoms with Crippen molar-refractivity contribution in [2.24, 2.45) is 17.3 Å². The molecule has 204 valence electrons. The molecule has 1 aromatic carbocycles. The maximum atomic E-state index is 13.5. The van der Waals surface area contributed by atoms with Crippen LogP contribution in [0.2, 0.25) is 0 Å². The van der Waals surface area contributed by atoms with E-state index in [-0.39, 0.29) is 34.3 Å². The lowest BCUT2D eigenvalue weighted by atomic mass is 9.46. The Morgan fingerprint density at radius 1 is 1.10 bits per heavy atom. The monoisotopic (exact) mass is 595 g/mol. The number of benzene rings is 1. The third-order valence-corrected chi connectivity index (χ3v) is 9.16. The molecule has 0 saturated heterocycles. The molecule has 2 unspecified atom stereocenters. The standard InChI is InChI=1S/C27H30BrN7O4/c1-2-33-15-21(23(31-33)25(37)29-19-6-4-3-5-7-19)30-22(36)13-26-9-17-8-18(10-26)12-27(11-17,16-26)34-14-20(28)24(32-34)35(38)39/h3-7,14-15,17-18H,2,8-13,16H2,1H3,(H,29,37)(H,30,36). The van der Waals surface area contributed by atoms with E-state index in [1.807, 2.05) is 25.1 Å². The number of carbonyl (C=O) groups excluding carboxylic acids is 2. The largest absolute Gasteiger partial charge is 0.404 e. The number of nitro groups is 1. The minimum absolute atomic E-state index is 0.149. The zero-order chi connectivity index (χ0) is 27.4. The Hall–Kier alpha value is -3.54. The van der Waals surface area contributed by atoms with Gasteiger partial charge in [0.25, 0.3) is 5.91 Å². The number of rotatable bonds is 8. The van der Waals surface area contributed by atoms with Gasteiger partial charge in [-0.1, -0.05) is 18.2 Å². The Morgan fingerprint density at radius 3 is 2.46 bits per heavy atom. The third kappa shape index (κ3) is 4.75. The highest BCUT2D eigenvalue weighted by atomic mass is 79.9. The van der Waals surface area contributed by atoms with Crippen molar-refractivity contribution in [1.82, 2.24) is 19.6 Å². The number of amides is 2. The SMILES string of the molecule is CCn1cc(NC(=O)CC23CC4CC(C2)CC(n2cc(Br)c([N+](=O)[O-])n2)(C4)C3)c(C(=O)Nc2ccccc2)n1. The van der Waals surface area contributed by atoms with Crippen molar-refractivity contribution >= 4 is 44.9 Å². The number of nitrogens with zero attached hydrogens (tertiary/aromatic N) is 5. The Labute approximate surface area is 233 Å². The fraction of sp³-hybridized carbons (Fsp3) is 0.481. The number of hydrogen-bond donors (Lipinski definition) is 2. The molecule has 0 radical (unpaired) electrons. The van der Waals surface area contributed by atoms with Crippen molar-refractivity contribution in [1.29, 1.82) is 0 Å². The van der Waals surface area contributed by atoms with Crippen LogP contribution in [0.5, 0.6) is 0 Å². The summed E-state index contributed by atoms with van der Waals surface area (Å²) >= 11 is 3.31. The first kappa shape index (κ1) is 25.7. The fourth-order valence-corrected chi connectivity index (χ4v) is 8.09. The minimum Gasteiger partial charge on any atom is -0.358 e. The Kier molecular flexibility index (Phi) is 6.32. The van der Waals surface area contributed by atoms with Gasteiger partial charge in [0, 0.05) is 24.8 Å². The average Bonchev–Trinajstić information content (AvgIpc) is 3.47. The van der Waals surface area contributed by atoms with E-state index in [4.69, 9.17) is 0 Å². The zero-order valence-electron chi connectivity index (χ0n) is 21.6. The summed E-state index contributed by atoms with van der Waals surface area (Å²) in [5.41, 5.74) is 0.671. The molecule has 0 aliphatic heterocycles. The molecule has 2 N–H and O–H groups in total. The predicted octanol–water partition coefficient (Wildman–Crippen LogP) is 5.35. The van der Waals surface area contributed by atoms with Gasteiger partial charge in [0.15, 0.2) is 5.69 Å². The molecule has 3 aromatic rings. The molecule has 2 heterocycles. The lowest BCUT2D eigenvalue weighted by Crippen LogP contribution is -2.57. The fourth-order valence-electron chi connectivity index (χ4n) is 7.68. The Bertz CT molecular complexity index is 1440. The van der Waals surface area contributed by atoms with Gasteiger partial charge in [0.1, 0.15) is 4.47 Å². The molecule has 7 rings (SSSR count). The van der Waals surface area contributed by atoms with Crippen LogP contribution in [0.15, 0.2) is 47.2 Å². The Balaban J connectivity index is 1.22. The number of para-hydroxylation sites is 1. The molecular formula is C27H30BrN7O4. The summed E-state index contributed by atoms with van der Waals surface area (Å²) in [6.07, 6.45) is 9.39. The van der Waals surface area contributed by atoms with E-state index >= 15 is 0 Å². The number of halogens is 1. The van der Waals surface area contributed by atoms with Gasteiger partial charge in [0.2, 0.25) is 5.91 Å². The number of carbonyl (C=O) groups is 2. The van der Waals surface area contributed by atoms with Gasteiger partial charge in [-0.05, 0) is 95.7 Å². The summed E-state index contributed by atoms with van der Waals surface area (Å²) < 4.78 is 3.82. The topological polar surface area (TPSA) is 137 Å². The second-order valence-electron chi connectivity index (χ2n) is 11.5. The summed E-state index contributed by atoms with van der Waals surface area (Å²) in [4.78, 5) is 37.5. The summed E-state index contributed by atoms with van der Waals surface area (Å²) in [5, 5.41) is 26.1. The van der Waals surface area contributed by atoms with Crippen molar-refractivity contribution in [3.63, 3.8) is 0 Å². The van der Waals surface area contributed by atoms with Crippen LogP contribution in [0.4, 0.5) is 17.2 Å². The van der Waals surface area contributed by atoms with Crippen LogP contribution >= 0.6 is 15.9 Å². The van der Waals surface area contributed by atoms with Gasteiger partial charge in [-0.2, -0.15) is 9.78 Å². The van der Waals surface area contributed by atoms with Crippen molar-refractivity contribution in [2.45, 2.75) is 64.0 Å². The molecule has 4 saturated carbocycles. The quantitative estimate of drug-likeness (QED) is 0.266. The van der Waals surface area contributed by atoms with E-state index in [9.17, 15) is 19.7 Å². The Morgan fingerprint density at radius 2 is 1.82 bits per heavy atom. The van der Waals surface area contributed by atoms with E-state index in [2.05, 4.69) is 36.8 Å². The maximum absolute atomic E-state index is 13.5. The van der Waals surface area contributed by atoms with Crippen LogP contribution in [0, 0.1) is 27.4 Å². The van der Waals surface area contributed by atoms with Crippen molar-refractivity contribution in [3.8, 4) is 0 Å². The average molecular weight is 596 g/mol. The molecule has 12 heteroatoms. The van der Waals surface area contributed by atoms with Crippen LogP contribution in [0.1, 0.15) is 62.4 Å². The van der Waals surface area contributed by atoms with Crippen LogP contribution in [0.25, 0.3) is 0 Å². The van der Waals surface area contributed by atoms with E-state index in [0.29, 0.717) is 40.6 Å². The van der Waals surface area contributed by atoms with Crippen molar-refractivity contribution in [2.75, 3.05) is 10.6 Å². The first-order valence-corrected chi connectivity index (χ1v) is 14.1. The first-order valence-electron chi connectivity index (χ1n) is 13.3. The lowest BCUT2D eigenvalue weighted by Gasteiger charge is -2.61. The molecule has 4 aliphatic rings. The van der Waals surface area contributed by atoms with Gasteiger partial charge in [-0.25, -0.2) is 0 Å². The van der Waals surface area contributed by atoms with Gasteiger partial charge in [0.05, 0.1) is 22.5 Å². The van der Waals surface area contributed by atoms with E-state index in [1.165, 1.54) is 0 Å². The molecule has 4 aliphatic carbocycles. The summed E-state index contributed by atoms with van der Waals surface area (Å²) in [6, 6.07) is 9.13. The highest BCUT2D eigenvalue weighted by Gasteiger charge is 2.60. The maximum Gasteiger partial charge on any atom is 0.404 e. The summed E-state index contributed by atoms with van der Waals surface area (Å²) in [6.45, 7) is 2.48. The molecule has 0 spiro atoms. The van der Waals surface area contributed by atoms with Gasteiger partial charge in [-0.3, -0.25) is 14.3 Å². The number of nitrogens with one attached hydrogen (secondary N) is 2. The second-order valence-corrected chi connectivity index (χ2v) is 12.3. The van der Waals surface area contributed by atoms with Gasteiger partial charge >= 0.3 is 5.82 Å². The predicted molar refractivity (Wildman–Crippen MR) is 147 cm³/mol. The van der Waals surface area contributed by atoms with Crippen molar-refractivity contribution in [3.05, 3.63) is 63.0 Å². The number of aryl methyl sites for hydroxylation is 1. The molecule has 2 amide bonds. The smallest absolute Gasteiger partial charge is 0.358 e. The van der Waals surface area contributed by atoms with E-state index in [0.717, 1.165) is 38.5 Å². The molecule has 2 atom stereocenters. The van der Waals surface area contributed by atoms with Crippen molar-refractivity contribution < 1.29 is 14.5 Å². The van der Waals surface area contributed by atoms with E-state index in [1.54, 1.807) is 33.9 Å². The summed E-state index contributed by atoms with van der Waals surface area (Å²) in [7, 11) is 0. The summed E-state index contributed by atoms with van der Waals surface area (Å²) in [5.74, 6) is 0.200. The zero-order valence-corrected chi connectivity index (χ0v) is 23.2. The molecule has 2 aromatic heterocycles. The van der Waals surface area contributed by atoms with Crippen LogP contribution < -0.4 is 10.6 Å². The number of anilines is 2. The van der Waals surface area contributed by atoms with Gasteiger partial charge in [-0.15, -0.1) is 0 Å².